The van der Waals surface area contributed by atoms with Gasteiger partial charge in [-0.25, -0.2) is 4.98 Å². The fourth-order valence-corrected chi connectivity index (χ4v) is 4.23. The molecule has 1 atom stereocenters. The van der Waals surface area contributed by atoms with Crippen LogP contribution in [0.25, 0.3) is 4.96 Å². The lowest BCUT2D eigenvalue weighted by atomic mass is 10.0. The molecule has 1 aliphatic rings. The van der Waals surface area contributed by atoms with E-state index >= 15 is 0 Å². The second-order valence-corrected chi connectivity index (χ2v) is 7.17. The first-order valence-electron chi connectivity index (χ1n) is 8.62. The summed E-state index contributed by atoms with van der Waals surface area (Å²) in [5.41, 5.74) is 0.626. The molecular weight excluding hydrogens is 366 g/mol. The van der Waals surface area contributed by atoms with E-state index < -0.39 is 0 Å². The van der Waals surface area contributed by atoms with Crippen molar-refractivity contribution in [1.82, 2.24) is 14.3 Å². The van der Waals surface area contributed by atoms with Gasteiger partial charge < -0.3 is 14.4 Å². The van der Waals surface area contributed by atoms with Gasteiger partial charge >= 0.3 is 0 Å². The Balaban J connectivity index is 1.74. The van der Waals surface area contributed by atoms with Gasteiger partial charge in [-0.15, -0.1) is 11.3 Å². The van der Waals surface area contributed by atoms with Crippen molar-refractivity contribution in [3.05, 3.63) is 57.5 Å². The number of rotatable bonds is 4. The normalized spacial score (nSPS) is 16.7. The quantitative estimate of drug-likeness (QED) is 0.690. The van der Waals surface area contributed by atoms with Gasteiger partial charge in [-0.2, -0.15) is 0 Å². The van der Waals surface area contributed by atoms with Crippen LogP contribution in [0.2, 0.25) is 0 Å². The maximum Gasteiger partial charge on any atom is 0.271 e. The maximum atomic E-state index is 13.2. The number of fused-ring (bicyclic) bond motifs is 1. The van der Waals surface area contributed by atoms with Crippen LogP contribution in [0.15, 0.2) is 40.8 Å². The Bertz CT molecular complexity index is 1060. The molecule has 0 spiro atoms. The maximum absolute atomic E-state index is 13.2. The smallest absolute Gasteiger partial charge is 0.271 e. The minimum absolute atomic E-state index is 0.0830. The van der Waals surface area contributed by atoms with Gasteiger partial charge in [-0.3, -0.25) is 14.0 Å². The summed E-state index contributed by atoms with van der Waals surface area (Å²) >= 11 is 1.36. The number of amides is 1. The summed E-state index contributed by atoms with van der Waals surface area (Å²) in [5.74, 6) is 1.09. The lowest BCUT2D eigenvalue weighted by molar-refractivity contribution is 0.0731. The molecule has 1 unspecified atom stereocenters. The molecule has 3 heterocycles. The molecule has 0 N–H and O–H groups in total. The van der Waals surface area contributed by atoms with Crippen LogP contribution in [0.1, 0.15) is 34.8 Å². The Morgan fingerprint density at radius 1 is 1.30 bits per heavy atom. The number of nitrogens with zero attached hydrogens (tertiary/aromatic N) is 3. The largest absolute Gasteiger partial charge is 0.497 e. The van der Waals surface area contributed by atoms with Gasteiger partial charge in [0.15, 0.2) is 4.96 Å². The van der Waals surface area contributed by atoms with Gasteiger partial charge in [0.1, 0.15) is 17.1 Å². The predicted molar refractivity (Wildman–Crippen MR) is 102 cm³/mol. The highest BCUT2D eigenvalue weighted by Gasteiger charge is 2.34. The molecule has 1 fully saturated rings. The molecule has 1 saturated heterocycles. The number of benzene rings is 1. The zero-order valence-corrected chi connectivity index (χ0v) is 15.9. The summed E-state index contributed by atoms with van der Waals surface area (Å²) in [5, 5.41) is 1.78. The third kappa shape index (κ3) is 2.95. The number of methoxy groups -OCH3 is 2. The first-order chi connectivity index (χ1) is 13.1. The van der Waals surface area contributed by atoms with Gasteiger partial charge in [0.25, 0.3) is 11.5 Å². The molecule has 1 aliphatic heterocycles. The van der Waals surface area contributed by atoms with Crippen molar-refractivity contribution in [2.45, 2.75) is 18.9 Å². The van der Waals surface area contributed by atoms with Gasteiger partial charge in [-0.1, -0.05) is 0 Å². The summed E-state index contributed by atoms with van der Waals surface area (Å²) in [6, 6.07) is 5.38. The van der Waals surface area contributed by atoms with Crippen molar-refractivity contribution in [3.63, 3.8) is 0 Å². The molecule has 7 nitrogen and oxygen atoms in total. The van der Waals surface area contributed by atoms with E-state index in [2.05, 4.69) is 4.98 Å². The van der Waals surface area contributed by atoms with Crippen molar-refractivity contribution in [2.75, 3.05) is 20.8 Å². The molecule has 0 radical (unpaired) electrons. The van der Waals surface area contributed by atoms with Gasteiger partial charge in [0.05, 0.1) is 20.3 Å². The zero-order valence-electron chi connectivity index (χ0n) is 15.0. The molecule has 0 bridgehead atoms. The Labute approximate surface area is 159 Å². The van der Waals surface area contributed by atoms with E-state index in [4.69, 9.17) is 9.47 Å². The number of thiazole rings is 1. The summed E-state index contributed by atoms with van der Waals surface area (Å²) in [4.78, 5) is 32.4. The molecule has 27 heavy (non-hydrogen) atoms. The molecular formula is C19H19N3O4S. The van der Waals surface area contributed by atoms with Crippen LogP contribution in [-0.2, 0) is 0 Å². The summed E-state index contributed by atoms with van der Waals surface area (Å²) in [6.45, 7) is 0.579. The van der Waals surface area contributed by atoms with Crippen LogP contribution in [0.5, 0.6) is 11.5 Å². The minimum Gasteiger partial charge on any atom is -0.497 e. The van der Waals surface area contributed by atoms with Crippen LogP contribution in [0, 0.1) is 0 Å². The summed E-state index contributed by atoms with van der Waals surface area (Å²) in [6.07, 6.45) is 4.67. The van der Waals surface area contributed by atoms with Crippen LogP contribution in [-0.4, -0.2) is 41.0 Å². The highest BCUT2D eigenvalue weighted by molar-refractivity contribution is 7.15. The highest BCUT2D eigenvalue weighted by Crippen LogP contribution is 2.39. The average molecular weight is 385 g/mol. The molecule has 4 rings (SSSR count). The Kier molecular flexibility index (Phi) is 4.57. The number of hydrogen-bond donors (Lipinski definition) is 0. The number of ether oxygens (including phenoxy) is 2. The highest BCUT2D eigenvalue weighted by atomic mass is 32.1. The molecule has 0 saturated carbocycles. The number of carbonyl (C=O) groups excluding carboxylic acids is 1. The zero-order chi connectivity index (χ0) is 19.0. The third-order valence-electron chi connectivity index (χ3n) is 4.88. The molecule has 1 amide bonds. The van der Waals surface area contributed by atoms with Crippen LogP contribution < -0.4 is 15.0 Å². The fraction of sp³-hybridized carbons (Fsp3) is 0.316. The molecule has 1 aromatic carbocycles. The molecule has 2 aromatic heterocycles. The second kappa shape index (κ2) is 7.03. The number of hydrogen-bond acceptors (Lipinski definition) is 6. The molecule has 140 valence electrons. The molecule has 0 aliphatic carbocycles. The van der Waals surface area contributed by atoms with Crippen molar-refractivity contribution in [2.24, 2.45) is 0 Å². The molecule has 3 aromatic rings. The van der Waals surface area contributed by atoms with Crippen LogP contribution in [0.4, 0.5) is 0 Å². The second-order valence-electron chi connectivity index (χ2n) is 6.30. The van der Waals surface area contributed by atoms with Crippen molar-refractivity contribution < 1.29 is 14.3 Å². The Morgan fingerprint density at radius 3 is 2.93 bits per heavy atom. The fourth-order valence-electron chi connectivity index (χ4n) is 3.56. The first-order valence-corrected chi connectivity index (χ1v) is 9.49. The van der Waals surface area contributed by atoms with E-state index in [-0.39, 0.29) is 23.1 Å². The van der Waals surface area contributed by atoms with E-state index in [0.717, 1.165) is 18.4 Å². The minimum atomic E-state index is -0.338. The van der Waals surface area contributed by atoms with E-state index in [1.807, 2.05) is 18.2 Å². The van der Waals surface area contributed by atoms with E-state index in [0.29, 0.717) is 23.0 Å². The number of aromatic nitrogens is 2. The van der Waals surface area contributed by atoms with Gasteiger partial charge in [0.2, 0.25) is 0 Å². The Hall–Kier alpha value is -2.87. The van der Waals surface area contributed by atoms with Crippen molar-refractivity contribution in [1.29, 1.82) is 0 Å². The lowest BCUT2D eigenvalue weighted by Gasteiger charge is -2.26. The topological polar surface area (TPSA) is 73.1 Å². The number of likely N-dealkylation sites (tertiary alicyclic amines) is 1. The van der Waals surface area contributed by atoms with Crippen LogP contribution in [0.3, 0.4) is 0 Å². The summed E-state index contributed by atoms with van der Waals surface area (Å²) < 4.78 is 12.2. The van der Waals surface area contributed by atoms with Gasteiger partial charge in [0, 0.05) is 29.9 Å². The van der Waals surface area contributed by atoms with Crippen molar-refractivity contribution >= 4 is 22.2 Å². The monoisotopic (exact) mass is 385 g/mol. The van der Waals surface area contributed by atoms with Crippen LogP contribution >= 0.6 is 11.3 Å². The third-order valence-corrected chi connectivity index (χ3v) is 5.65. The standard InChI is InChI=1S/C19H19N3O4S/c1-25-12-5-6-16(26-2)13(10-12)15-4-3-7-21(15)17(23)14-11-20-19-22(18(14)24)8-9-27-19/h5-6,8-11,15H,3-4,7H2,1-2H3. The summed E-state index contributed by atoms with van der Waals surface area (Å²) in [7, 11) is 3.21. The predicted octanol–water partition coefficient (Wildman–Crippen LogP) is 2.75. The van der Waals surface area contributed by atoms with E-state index in [1.54, 1.807) is 30.7 Å². The average Bonchev–Trinajstić information content (AvgIpc) is 3.37. The first kappa shape index (κ1) is 17.5. The number of carbonyl (C=O) groups is 1. The SMILES string of the molecule is COc1ccc(OC)c(C2CCCN2C(=O)c2cnc3sccn3c2=O)c1. The van der Waals surface area contributed by atoms with E-state index in [1.165, 1.54) is 21.9 Å². The van der Waals surface area contributed by atoms with Gasteiger partial charge in [-0.05, 0) is 31.0 Å². The Morgan fingerprint density at radius 2 is 2.15 bits per heavy atom. The van der Waals surface area contributed by atoms with Crippen molar-refractivity contribution in [3.8, 4) is 11.5 Å². The lowest BCUT2D eigenvalue weighted by Crippen LogP contribution is -2.35. The molecule has 8 heteroatoms. The van der Waals surface area contributed by atoms with E-state index in [9.17, 15) is 9.59 Å².